The van der Waals surface area contributed by atoms with Gasteiger partial charge in [-0.15, -0.1) is 0 Å². The first kappa shape index (κ1) is 8.43. The van der Waals surface area contributed by atoms with Gasteiger partial charge in [-0.25, -0.2) is 0 Å². The lowest BCUT2D eigenvalue weighted by Crippen LogP contribution is -2.05. The first-order chi connectivity index (χ1) is 6.68. The molecule has 0 unspecified atom stereocenters. The molecule has 2 rings (SSSR count). The van der Waals surface area contributed by atoms with Gasteiger partial charge < -0.3 is 5.73 Å². The number of anilines is 1. The fourth-order valence-electron chi connectivity index (χ4n) is 1.25. The molecule has 0 saturated heterocycles. The molecule has 70 valence electrons. The zero-order valence-electron chi connectivity index (χ0n) is 7.15. The molecule has 1 heterocycles. The second kappa shape index (κ2) is 2.95. The Hall–Kier alpha value is -2.17. The minimum atomic E-state index is -0.503. The van der Waals surface area contributed by atoms with Crippen LogP contribution in [0.4, 0.5) is 5.95 Å². The van der Waals surface area contributed by atoms with E-state index in [4.69, 9.17) is 5.73 Å². The summed E-state index contributed by atoms with van der Waals surface area (Å²) in [6.45, 7) is 0. The van der Waals surface area contributed by atoms with E-state index in [9.17, 15) is 9.59 Å². The molecule has 1 aromatic carbocycles. The van der Waals surface area contributed by atoms with Crippen molar-refractivity contribution in [3.63, 3.8) is 0 Å². The van der Waals surface area contributed by atoms with Crippen LogP contribution in [0, 0.1) is 0 Å². The molecule has 0 bridgehead atoms. The van der Waals surface area contributed by atoms with Crippen LogP contribution in [0.3, 0.4) is 0 Å². The topological polar surface area (TPSA) is 88.8 Å². The Morgan fingerprint density at radius 3 is 2.50 bits per heavy atom. The Balaban J connectivity index is 3.18. The minimum absolute atomic E-state index is 0.170. The zero-order chi connectivity index (χ0) is 10.1. The molecule has 0 aliphatic rings. The summed E-state index contributed by atoms with van der Waals surface area (Å²) < 4.78 is 0. The van der Waals surface area contributed by atoms with E-state index in [2.05, 4.69) is 9.97 Å². The molecule has 0 saturated carbocycles. The first-order valence-corrected chi connectivity index (χ1v) is 3.97. The van der Waals surface area contributed by atoms with Crippen molar-refractivity contribution in [1.29, 1.82) is 0 Å². The van der Waals surface area contributed by atoms with Gasteiger partial charge in [-0.3, -0.25) is 14.6 Å². The third-order valence-electron chi connectivity index (χ3n) is 1.87. The van der Waals surface area contributed by atoms with E-state index in [1.807, 2.05) is 0 Å². The fraction of sp³-hybridized carbons (Fsp3) is 0. The Labute approximate surface area is 78.2 Å². The second-order valence-electron chi connectivity index (χ2n) is 2.80. The van der Waals surface area contributed by atoms with Crippen molar-refractivity contribution >= 4 is 16.7 Å². The molecule has 2 aromatic rings. The molecule has 0 fully saturated rings. The van der Waals surface area contributed by atoms with Crippen LogP contribution >= 0.6 is 0 Å². The molecule has 1 aromatic heterocycles. The fourth-order valence-corrected chi connectivity index (χ4v) is 1.25. The SMILES string of the molecule is Nc1nc(=O)c2ccccc2c(=O)[nH]1. The maximum absolute atomic E-state index is 11.4. The van der Waals surface area contributed by atoms with Gasteiger partial charge in [0.05, 0.1) is 10.8 Å². The van der Waals surface area contributed by atoms with E-state index in [1.165, 1.54) is 0 Å². The van der Waals surface area contributed by atoms with Crippen LogP contribution in [0.25, 0.3) is 10.8 Å². The van der Waals surface area contributed by atoms with Gasteiger partial charge in [0.2, 0.25) is 5.95 Å². The van der Waals surface area contributed by atoms with E-state index in [0.29, 0.717) is 5.39 Å². The van der Waals surface area contributed by atoms with Crippen molar-refractivity contribution in [2.75, 3.05) is 5.73 Å². The van der Waals surface area contributed by atoms with Crippen LogP contribution in [-0.2, 0) is 0 Å². The van der Waals surface area contributed by atoms with Crippen molar-refractivity contribution in [2.24, 2.45) is 0 Å². The predicted molar refractivity (Wildman–Crippen MR) is 53.0 cm³/mol. The molecule has 0 spiro atoms. The van der Waals surface area contributed by atoms with Gasteiger partial charge in [-0.2, -0.15) is 4.98 Å². The molecule has 0 radical (unpaired) electrons. The quantitative estimate of drug-likeness (QED) is 0.604. The zero-order valence-corrected chi connectivity index (χ0v) is 7.15. The van der Waals surface area contributed by atoms with Gasteiger partial charge >= 0.3 is 0 Å². The molecule has 5 nitrogen and oxygen atoms in total. The number of nitrogens with zero attached hydrogens (tertiary/aromatic N) is 1. The van der Waals surface area contributed by atoms with Crippen LogP contribution < -0.4 is 16.9 Å². The minimum Gasteiger partial charge on any atom is -0.369 e. The average molecular weight is 189 g/mol. The maximum Gasteiger partial charge on any atom is 0.281 e. The monoisotopic (exact) mass is 189 g/mol. The molecular formula is C9H7N3O2. The molecular weight excluding hydrogens is 182 g/mol. The van der Waals surface area contributed by atoms with Crippen molar-refractivity contribution in [1.82, 2.24) is 9.97 Å². The third-order valence-corrected chi connectivity index (χ3v) is 1.87. The Morgan fingerprint density at radius 1 is 1.14 bits per heavy atom. The lowest BCUT2D eigenvalue weighted by Gasteiger charge is -1.85. The van der Waals surface area contributed by atoms with Gasteiger partial charge in [0.25, 0.3) is 11.1 Å². The molecule has 14 heavy (non-hydrogen) atoms. The van der Waals surface area contributed by atoms with Crippen molar-refractivity contribution in [2.45, 2.75) is 0 Å². The molecule has 0 atom stereocenters. The molecule has 0 aliphatic carbocycles. The summed E-state index contributed by atoms with van der Waals surface area (Å²) in [5.41, 5.74) is 4.38. The number of nitrogen functional groups attached to an aromatic ring is 1. The third kappa shape index (κ3) is 1.24. The van der Waals surface area contributed by atoms with Gasteiger partial charge in [0.15, 0.2) is 0 Å². The standard InChI is InChI=1S/C9H7N3O2/c10-9-11-7(13)5-3-1-2-4-6(5)8(14)12-9/h1-4H,(H3,10,11,12,13,14). The van der Waals surface area contributed by atoms with Crippen LogP contribution in [0.5, 0.6) is 0 Å². The second-order valence-corrected chi connectivity index (χ2v) is 2.80. The number of rotatable bonds is 0. The summed E-state index contributed by atoms with van der Waals surface area (Å²) in [4.78, 5) is 28.6. The van der Waals surface area contributed by atoms with E-state index in [0.717, 1.165) is 0 Å². The normalized spacial score (nSPS) is 10.3. The highest BCUT2D eigenvalue weighted by atomic mass is 16.1. The maximum atomic E-state index is 11.4. The predicted octanol–water partition coefficient (Wildman–Crippen LogP) is -0.135. The van der Waals surface area contributed by atoms with Gasteiger partial charge in [-0.05, 0) is 12.1 Å². The lowest BCUT2D eigenvalue weighted by molar-refractivity contribution is 1.18. The summed E-state index contributed by atoms with van der Waals surface area (Å²) in [5, 5.41) is 0.562. The van der Waals surface area contributed by atoms with Crippen molar-refractivity contribution in [3.8, 4) is 0 Å². The van der Waals surface area contributed by atoms with Crippen molar-refractivity contribution < 1.29 is 0 Å². The lowest BCUT2D eigenvalue weighted by atomic mass is 10.2. The van der Waals surface area contributed by atoms with Gasteiger partial charge in [-0.1, -0.05) is 12.1 Å². The number of hydrogen-bond donors (Lipinski definition) is 2. The highest BCUT2D eigenvalue weighted by molar-refractivity contribution is 5.80. The van der Waals surface area contributed by atoms with Gasteiger partial charge in [0.1, 0.15) is 0 Å². The number of fused-ring (bicyclic) bond motifs is 1. The Morgan fingerprint density at radius 2 is 1.79 bits per heavy atom. The number of benzene rings is 1. The number of hydrogen-bond acceptors (Lipinski definition) is 4. The van der Waals surface area contributed by atoms with Crippen LogP contribution in [0.15, 0.2) is 33.9 Å². The Bertz CT molecular complexity index is 551. The largest absolute Gasteiger partial charge is 0.369 e. The van der Waals surface area contributed by atoms with Crippen LogP contribution in [0.1, 0.15) is 0 Å². The highest BCUT2D eigenvalue weighted by Gasteiger charge is 2.00. The average Bonchev–Trinajstić information content (AvgIpc) is 2.26. The van der Waals surface area contributed by atoms with Gasteiger partial charge in [0, 0.05) is 0 Å². The van der Waals surface area contributed by atoms with E-state index in [-0.39, 0.29) is 11.3 Å². The summed E-state index contributed by atoms with van der Waals surface area (Å²) in [6.07, 6.45) is 0. The number of aromatic nitrogens is 2. The summed E-state index contributed by atoms with van der Waals surface area (Å²) >= 11 is 0. The number of nitrogens with two attached hydrogens (primary N) is 1. The molecule has 0 amide bonds. The van der Waals surface area contributed by atoms with E-state index < -0.39 is 11.1 Å². The number of H-pyrrole nitrogens is 1. The van der Waals surface area contributed by atoms with E-state index >= 15 is 0 Å². The highest BCUT2D eigenvalue weighted by Crippen LogP contribution is 2.01. The molecule has 3 N–H and O–H groups in total. The van der Waals surface area contributed by atoms with E-state index in [1.54, 1.807) is 24.3 Å². The summed E-state index contributed by atoms with van der Waals surface area (Å²) in [6, 6.07) is 6.43. The molecule has 5 heteroatoms. The van der Waals surface area contributed by atoms with Crippen LogP contribution in [-0.4, -0.2) is 9.97 Å². The Kier molecular flexibility index (Phi) is 1.78. The summed E-state index contributed by atoms with van der Waals surface area (Å²) in [7, 11) is 0. The summed E-state index contributed by atoms with van der Waals surface area (Å²) in [5.74, 6) is -0.170. The van der Waals surface area contributed by atoms with Crippen LogP contribution in [0.2, 0.25) is 0 Å². The molecule has 0 aliphatic heterocycles. The van der Waals surface area contributed by atoms with Crippen molar-refractivity contribution in [3.05, 3.63) is 45.0 Å². The first-order valence-electron chi connectivity index (χ1n) is 3.97. The number of aromatic amines is 1. The smallest absolute Gasteiger partial charge is 0.281 e. The number of nitrogens with one attached hydrogen (secondary N) is 1.